The van der Waals surface area contributed by atoms with Gasteiger partial charge >= 0.3 is 0 Å². The fraction of sp³-hybridized carbons (Fsp3) is 0.316. The van der Waals surface area contributed by atoms with Gasteiger partial charge in [0.1, 0.15) is 0 Å². The van der Waals surface area contributed by atoms with Gasteiger partial charge in [-0.25, -0.2) is 0 Å². The minimum absolute atomic E-state index is 0.215. The minimum Gasteiger partial charge on any atom is -0.365 e. The van der Waals surface area contributed by atoms with Gasteiger partial charge in [-0.05, 0) is 17.7 Å². The molecule has 0 aliphatic carbocycles. The third-order valence-corrected chi connectivity index (χ3v) is 4.20. The number of carbonyl (C=O) groups excluding carboxylic acids is 1. The molecule has 1 aromatic carbocycles. The van der Waals surface area contributed by atoms with Crippen LogP contribution in [0.1, 0.15) is 11.3 Å². The van der Waals surface area contributed by atoms with Crippen molar-refractivity contribution in [1.82, 2.24) is 14.8 Å². The Balaban J connectivity index is 1.41. The lowest BCUT2D eigenvalue weighted by Gasteiger charge is -2.34. The Bertz CT molecular complexity index is 626. The number of aromatic amines is 1. The van der Waals surface area contributed by atoms with Crippen LogP contribution in [0, 0.1) is 0 Å². The lowest BCUT2D eigenvalue weighted by Crippen LogP contribution is -2.49. The second-order valence-corrected chi connectivity index (χ2v) is 5.87. The Hall–Kier alpha value is -2.33. The Morgan fingerprint density at radius 2 is 1.83 bits per heavy atom. The van der Waals surface area contributed by atoms with Crippen LogP contribution in [0.4, 0.5) is 0 Å². The summed E-state index contributed by atoms with van der Waals surface area (Å²) in [5.41, 5.74) is 2.22. The summed E-state index contributed by atoms with van der Waals surface area (Å²) in [5, 5.41) is 0. The van der Waals surface area contributed by atoms with E-state index in [-0.39, 0.29) is 5.91 Å². The smallest absolute Gasteiger partial charge is 0.228 e. The number of hydrogen-bond acceptors (Lipinski definition) is 2. The van der Waals surface area contributed by atoms with Crippen molar-refractivity contribution in [2.75, 3.05) is 32.7 Å². The molecule has 120 valence electrons. The number of rotatable bonds is 5. The van der Waals surface area contributed by atoms with Gasteiger partial charge in [0.05, 0.1) is 6.42 Å². The number of hydrogen-bond donors (Lipinski definition) is 1. The number of carbonyl (C=O) groups is 1. The van der Waals surface area contributed by atoms with Crippen LogP contribution < -0.4 is 0 Å². The second-order valence-electron chi connectivity index (χ2n) is 5.87. The lowest BCUT2D eigenvalue weighted by molar-refractivity contribution is -0.132. The number of piperazine rings is 1. The normalized spacial score (nSPS) is 16.1. The van der Waals surface area contributed by atoms with Gasteiger partial charge in [0.15, 0.2) is 0 Å². The van der Waals surface area contributed by atoms with E-state index in [9.17, 15) is 4.79 Å². The van der Waals surface area contributed by atoms with Crippen LogP contribution in [-0.2, 0) is 11.2 Å². The van der Waals surface area contributed by atoms with Crippen LogP contribution in [0.3, 0.4) is 0 Å². The van der Waals surface area contributed by atoms with Crippen LogP contribution in [0.5, 0.6) is 0 Å². The fourth-order valence-electron chi connectivity index (χ4n) is 2.83. The molecule has 2 aromatic rings. The molecular formula is C19H23N3O. The quantitative estimate of drug-likeness (QED) is 0.921. The average molecular weight is 309 g/mol. The summed E-state index contributed by atoms with van der Waals surface area (Å²) < 4.78 is 0. The van der Waals surface area contributed by atoms with E-state index in [4.69, 9.17) is 0 Å². The first kappa shape index (κ1) is 15.6. The molecule has 1 amide bonds. The summed E-state index contributed by atoms with van der Waals surface area (Å²) in [6, 6.07) is 14.2. The largest absolute Gasteiger partial charge is 0.365 e. The minimum atomic E-state index is 0.215. The van der Waals surface area contributed by atoms with E-state index in [0.717, 1.165) is 38.4 Å². The van der Waals surface area contributed by atoms with Gasteiger partial charge in [0, 0.05) is 44.6 Å². The Labute approximate surface area is 137 Å². The van der Waals surface area contributed by atoms with E-state index in [1.165, 1.54) is 5.56 Å². The summed E-state index contributed by atoms with van der Waals surface area (Å²) in [6.07, 6.45) is 6.69. The number of amides is 1. The molecule has 2 heterocycles. The molecule has 1 aliphatic rings. The van der Waals surface area contributed by atoms with Crippen molar-refractivity contribution < 1.29 is 4.79 Å². The van der Waals surface area contributed by atoms with Gasteiger partial charge < -0.3 is 9.88 Å². The molecule has 1 fully saturated rings. The van der Waals surface area contributed by atoms with Crippen LogP contribution in [0.2, 0.25) is 0 Å². The van der Waals surface area contributed by atoms with E-state index in [1.54, 1.807) is 0 Å². The average Bonchev–Trinajstić information content (AvgIpc) is 3.09. The fourth-order valence-corrected chi connectivity index (χ4v) is 2.83. The molecule has 1 saturated heterocycles. The van der Waals surface area contributed by atoms with Gasteiger partial charge in [-0.15, -0.1) is 0 Å². The van der Waals surface area contributed by atoms with Crippen molar-refractivity contribution in [3.8, 4) is 0 Å². The molecule has 3 rings (SSSR count). The standard InChI is InChI=1S/C19H23N3O/c23-19(16-18-9-4-10-20-18)22-14-12-21(13-15-22)11-5-8-17-6-2-1-3-7-17/h1-10,20H,11-16H2/b8-5+. The summed E-state index contributed by atoms with van der Waals surface area (Å²) in [4.78, 5) is 19.7. The number of aromatic nitrogens is 1. The molecule has 0 spiro atoms. The first-order chi connectivity index (χ1) is 11.3. The third kappa shape index (κ3) is 4.57. The van der Waals surface area contributed by atoms with Crippen molar-refractivity contribution in [2.45, 2.75) is 6.42 Å². The summed E-state index contributed by atoms with van der Waals surface area (Å²) in [7, 11) is 0. The molecule has 4 nitrogen and oxygen atoms in total. The van der Waals surface area contributed by atoms with Crippen molar-refractivity contribution in [3.05, 3.63) is 66.0 Å². The number of nitrogens with one attached hydrogen (secondary N) is 1. The SMILES string of the molecule is O=C(Cc1ccc[nH]1)N1CCN(C/C=C/c2ccccc2)CC1. The molecule has 4 heteroatoms. The molecule has 1 N–H and O–H groups in total. The summed E-state index contributed by atoms with van der Waals surface area (Å²) >= 11 is 0. The molecule has 0 bridgehead atoms. The summed E-state index contributed by atoms with van der Waals surface area (Å²) in [6.45, 7) is 4.45. The monoisotopic (exact) mass is 309 g/mol. The van der Waals surface area contributed by atoms with Gasteiger partial charge in [0.2, 0.25) is 5.91 Å². The maximum absolute atomic E-state index is 12.2. The van der Waals surface area contributed by atoms with Gasteiger partial charge in [-0.1, -0.05) is 42.5 Å². The highest BCUT2D eigenvalue weighted by Crippen LogP contribution is 2.07. The maximum atomic E-state index is 12.2. The van der Waals surface area contributed by atoms with Crippen LogP contribution in [-0.4, -0.2) is 53.4 Å². The van der Waals surface area contributed by atoms with E-state index in [2.05, 4.69) is 34.2 Å². The number of nitrogens with zero attached hydrogens (tertiary/aromatic N) is 2. The Morgan fingerprint density at radius 1 is 1.04 bits per heavy atom. The second kappa shape index (κ2) is 7.79. The van der Waals surface area contributed by atoms with E-state index in [0.29, 0.717) is 6.42 Å². The first-order valence-corrected chi connectivity index (χ1v) is 8.15. The Kier molecular flexibility index (Phi) is 5.27. The zero-order valence-electron chi connectivity index (χ0n) is 13.3. The molecule has 1 aliphatic heterocycles. The maximum Gasteiger partial charge on any atom is 0.228 e. The predicted molar refractivity (Wildman–Crippen MR) is 93.0 cm³/mol. The highest BCUT2D eigenvalue weighted by Gasteiger charge is 2.20. The van der Waals surface area contributed by atoms with Gasteiger partial charge in [-0.3, -0.25) is 9.69 Å². The number of benzene rings is 1. The molecule has 1 aromatic heterocycles. The zero-order chi connectivity index (χ0) is 15.9. The Morgan fingerprint density at radius 3 is 2.52 bits per heavy atom. The highest BCUT2D eigenvalue weighted by molar-refractivity contribution is 5.78. The van der Waals surface area contributed by atoms with Gasteiger partial charge in [-0.2, -0.15) is 0 Å². The van der Waals surface area contributed by atoms with E-state index in [1.807, 2.05) is 41.4 Å². The zero-order valence-corrected chi connectivity index (χ0v) is 13.3. The van der Waals surface area contributed by atoms with Crippen molar-refractivity contribution >= 4 is 12.0 Å². The van der Waals surface area contributed by atoms with E-state index < -0.39 is 0 Å². The highest BCUT2D eigenvalue weighted by atomic mass is 16.2. The van der Waals surface area contributed by atoms with Crippen LogP contribution >= 0.6 is 0 Å². The van der Waals surface area contributed by atoms with Crippen molar-refractivity contribution in [3.63, 3.8) is 0 Å². The molecule has 0 saturated carbocycles. The molecule has 0 atom stereocenters. The number of H-pyrrole nitrogens is 1. The topological polar surface area (TPSA) is 39.3 Å². The van der Waals surface area contributed by atoms with Crippen molar-refractivity contribution in [1.29, 1.82) is 0 Å². The van der Waals surface area contributed by atoms with E-state index >= 15 is 0 Å². The van der Waals surface area contributed by atoms with Gasteiger partial charge in [0.25, 0.3) is 0 Å². The first-order valence-electron chi connectivity index (χ1n) is 8.15. The molecule has 0 unspecified atom stereocenters. The van der Waals surface area contributed by atoms with Crippen LogP contribution in [0.25, 0.3) is 6.08 Å². The van der Waals surface area contributed by atoms with Crippen LogP contribution in [0.15, 0.2) is 54.7 Å². The van der Waals surface area contributed by atoms with Crippen molar-refractivity contribution in [2.24, 2.45) is 0 Å². The predicted octanol–water partition coefficient (Wildman–Crippen LogP) is 2.41. The molecular weight excluding hydrogens is 286 g/mol. The lowest BCUT2D eigenvalue weighted by atomic mass is 10.2. The third-order valence-electron chi connectivity index (χ3n) is 4.20. The molecule has 0 radical (unpaired) electrons. The summed E-state index contributed by atoms with van der Waals surface area (Å²) in [5.74, 6) is 0.215. The molecule has 23 heavy (non-hydrogen) atoms.